The van der Waals surface area contributed by atoms with Crippen molar-refractivity contribution in [1.82, 2.24) is 0 Å². The van der Waals surface area contributed by atoms with Crippen molar-refractivity contribution >= 4 is 45.8 Å². The number of carbonyl (C=O) groups excluding carboxylic acids is 4. The normalized spacial score (nSPS) is 26.8. The summed E-state index contributed by atoms with van der Waals surface area (Å²) in [5.74, 6) is -4.77. The number of hydrogen-bond donors (Lipinski definition) is 1. The van der Waals surface area contributed by atoms with E-state index in [2.05, 4.69) is 13.8 Å². The molecule has 47 heavy (non-hydrogen) atoms. The predicted molar refractivity (Wildman–Crippen MR) is 180 cm³/mol. The van der Waals surface area contributed by atoms with E-state index in [1.807, 2.05) is 84.9 Å². The molecule has 236 valence electrons. The van der Waals surface area contributed by atoms with E-state index in [4.69, 9.17) is 0 Å². The molecule has 3 fully saturated rings. The molecule has 2 saturated heterocycles. The van der Waals surface area contributed by atoms with Gasteiger partial charge in [-0.25, -0.2) is 0 Å². The number of rotatable bonds is 5. The molecule has 4 aromatic rings. The molecule has 7 nitrogen and oxygen atoms in total. The van der Waals surface area contributed by atoms with Crippen LogP contribution < -0.4 is 9.80 Å². The zero-order chi connectivity index (χ0) is 32.6. The predicted octanol–water partition coefficient (Wildman–Crippen LogP) is 6.72. The van der Waals surface area contributed by atoms with E-state index >= 15 is 0 Å². The van der Waals surface area contributed by atoms with Crippen LogP contribution in [-0.4, -0.2) is 28.7 Å². The lowest BCUT2D eigenvalue weighted by atomic mass is 9.56. The molecule has 0 radical (unpaired) electrons. The number of benzene rings is 4. The Labute approximate surface area is 273 Å². The Morgan fingerprint density at radius 3 is 1.83 bits per heavy atom. The SMILES string of the molecule is CCc1ccc(N2C(=O)[C@H]3[C@H](CC=C4[C@H]3C[C@H]3C(=O)N(c5ccc(CC)cc5)C(=O)[C@H]3[C@H]4c3c(O)ccc4ccccc34)C2=O)cc1. The van der Waals surface area contributed by atoms with Gasteiger partial charge in [0.2, 0.25) is 23.6 Å². The number of nitrogens with zero attached hydrogens (tertiary/aromatic N) is 2. The van der Waals surface area contributed by atoms with E-state index in [9.17, 15) is 24.3 Å². The first kappa shape index (κ1) is 29.4. The van der Waals surface area contributed by atoms with Gasteiger partial charge in [0.15, 0.2) is 0 Å². The summed E-state index contributed by atoms with van der Waals surface area (Å²) in [6.45, 7) is 4.11. The molecule has 4 amide bonds. The molecule has 1 saturated carbocycles. The summed E-state index contributed by atoms with van der Waals surface area (Å²) in [6.07, 6.45) is 4.35. The minimum Gasteiger partial charge on any atom is -0.508 e. The van der Waals surface area contributed by atoms with Crippen molar-refractivity contribution in [3.05, 3.63) is 113 Å². The van der Waals surface area contributed by atoms with Gasteiger partial charge in [0.05, 0.1) is 35.0 Å². The molecule has 0 aromatic heterocycles. The van der Waals surface area contributed by atoms with Crippen molar-refractivity contribution in [3.8, 4) is 5.75 Å². The fraction of sp³-hybridized carbons (Fsp3) is 0.300. The number of fused-ring (bicyclic) bond motifs is 5. The Morgan fingerprint density at radius 1 is 0.638 bits per heavy atom. The Kier molecular flexibility index (Phi) is 6.90. The molecule has 4 aliphatic rings. The summed E-state index contributed by atoms with van der Waals surface area (Å²) in [4.78, 5) is 59.7. The van der Waals surface area contributed by atoms with E-state index in [-0.39, 0.29) is 35.8 Å². The van der Waals surface area contributed by atoms with Crippen LogP contribution >= 0.6 is 0 Å². The van der Waals surface area contributed by atoms with Crippen molar-refractivity contribution in [1.29, 1.82) is 0 Å². The third-order valence-corrected chi connectivity index (χ3v) is 11.1. The number of phenols is 1. The average molecular weight is 625 g/mol. The maximum atomic E-state index is 14.5. The van der Waals surface area contributed by atoms with Gasteiger partial charge in [-0.3, -0.25) is 29.0 Å². The first-order valence-electron chi connectivity index (χ1n) is 16.7. The minimum absolute atomic E-state index is 0.0496. The highest BCUT2D eigenvalue weighted by Gasteiger charge is 2.62. The fourth-order valence-electron chi connectivity index (χ4n) is 8.79. The first-order chi connectivity index (χ1) is 22.8. The molecule has 4 aromatic carbocycles. The summed E-state index contributed by atoms with van der Waals surface area (Å²) < 4.78 is 0. The summed E-state index contributed by atoms with van der Waals surface area (Å²) in [7, 11) is 0. The molecule has 6 atom stereocenters. The number of allylic oxidation sites excluding steroid dienone is 2. The maximum absolute atomic E-state index is 14.5. The largest absolute Gasteiger partial charge is 0.508 e. The smallest absolute Gasteiger partial charge is 0.238 e. The van der Waals surface area contributed by atoms with Crippen LogP contribution in [0.15, 0.2) is 96.6 Å². The second-order valence-electron chi connectivity index (χ2n) is 13.3. The lowest BCUT2D eigenvalue weighted by molar-refractivity contribution is -0.126. The molecule has 8 rings (SSSR count). The van der Waals surface area contributed by atoms with E-state index in [1.54, 1.807) is 6.07 Å². The van der Waals surface area contributed by atoms with Gasteiger partial charge in [-0.05, 0) is 83.8 Å². The summed E-state index contributed by atoms with van der Waals surface area (Å²) in [5.41, 5.74) is 4.76. The summed E-state index contributed by atoms with van der Waals surface area (Å²) >= 11 is 0. The van der Waals surface area contributed by atoms with E-state index in [1.165, 1.54) is 9.80 Å². The number of phenolic OH excluding ortho intramolecular Hbond substituents is 1. The van der Waals surface area contributed by atoms with Crippen LogP contribution in [0, 0.1) is 29.6 Å². The third kappa shape index (κ3) is 4.32. The second kappa shape index (κ2) is 11.0. The number of aromatic hydroxyl groups is 1. The van der Waals surface area contributed by atoms with Gasteiger partial charge in [-0.2, -0.15) is 0 Å². The minimum atomic E-state index is -0.756. The van der Waals surface area contributed by atoms with Crippen LogP contribution in [0.4, 0.5) is 11.4 Å². The molecule has 1 N–H and O–H groups in total. The van der Waals surface area contributed by atoms with Gasteiger partial charge in [0.1, 0.15) is 5.75 Å². The van der Waals surface area contributed by atoms with Gasteiger partial charge in [-0.15, -0.1) is 0 Å². The topological polar surface area (TPSA) is 95.0 Å². The standard InChI is InChI=1S/C40H36N2O5/c1-3-22-9-14-25(15-10-22)41-37(44)29-19-18-28-30(33(29)39(41)46)21-31-36(35(28)34-27-8-6-5-7-24(27)13-20-32(34)43)40(47)42(38(31)45)26-16-11-23(4-2)12-17-26/h5-18,20,29-31,33,35-36,43H,3-4,19,21H2,1-2H3/t29-,30+,31+,33-,35+,36+/m0/s1. The van der Waals surface area contributed by atoms with Crippen molar-refractivity contribution in [3.63, 3.8) is 0 Å². The number of carbonyl (C=O) groups is 4. The van der Waals surface area contributed by atoms with Gasteiger partial charge < -0.3 is 5.11 Å². The number of aryl methyl sites for hydroxylation is 2. The number of anilines is 2. The van der Waals surface area contributed by atoms with E-state index in [0.29, 0.717) is 23.4 Å². The zero-order valence-electron chi connectivity index (χ0n) is 26.4. The highest BCUT2D eigenvalue weighted by atomic mass is 16.3. The van der Waals surface area contributed by atoms with E-state index in [0.717, 1.165) is 40.3 Å². The van der Waals surface area contributed by atoms with Crippen LogP contribution in [0.2, 0.25) is 0 Å². The molecule has 2 aliphatic carbocycles. The van der Waals surface area contributed by atoms with Crippen LogP contribution in [0.5, 0.6) is 5.75 Å². The maximum Gasteiger partial charge on any atom is 0.238 e. The lowest BCUT2D eigenvalue weighted by Gasteiger charge is -2.44. The van der Waals surface area contributed by atoms with E-state index < -0.39 is 35.5 Å². The zero-order valence-corrected chi connectivity index (χ0v) is 26.4. The molecule has 2 aliphatic heterocycles. The van der Waals surface area contributed by atoms with Gasteiger partial charge in [0, 0.05) is 11.5 Å². The van der Waals surface area contributed by atoms with Gasteiger partial charge in [0.25, 0.3) is 0 Å². The quantitative estimate of drug-likeness (QED) is 0.197. The van der Waals surface area contributed by atoms with Crippen LogP contribution in [0.1, 0.15) is 49.3 Å². The van der Waals surface area contributed by atoms with Crippen LogP contribution in [-0.2, 0) is 32.0 Å². The van der Waals surface area contributed by atoms with Crippen molar-refractivity contribution in [2.24, 2.45) is 29.6 Å². The summed E-state index contributed by atoms with van der Waals surface area (Å²) in [5, 5.41) is 13.2. The first-order valence-corrected chi connectivity index (χ1v) is 16.7. The molecular formula is C40H36N2O5. The third-order valence-electron chi connectivity index (χ3n) is 11.1. The Morgan fingerprint density at radius 2 is 1.21 bits per heavy atom. The highest BCUT2D eigenvalue weighted by Crippen LogP contribution is 2.60. The van der Waals surface area contributed by atoms with Gasteiger partial charge in [-0.1, -0.05) is 80.1 Å². The Hall–Kier alpha value is -5.04. The second-order valence-corrected chi connectivity index (χ2v) is 13.3. The van der Waals surface area contributed by atoms with Crippen molar-refractivity contribution < 1.29 is 24.3 Å². The van der Waals surface area contributed by atoms with Gasteiger partial charge >= 0.3 is 0 Å². The lowest BCUT2D eigenvalue weighted by Crippen LogP contribution is -2.43. The fourth-order valence-corrected chi connectivity index (χ4v) is 8.79. The Balaban J connectivity index is 1.27. The van der Waals surface area contributed by atoms with Crippen LogP contribution in [0.25, 0.3) is 10.8 Å². The van der Waals surface area contributed by atoms with Crippen molar-refractivity contribution in [2.45, 2.75) is 45.4 Å². The number of imide groups is 2. The highest BCUT2D eigenvalue weighted by molar-refractivity contribution is 6.24. The average Bonchev–Trinajstić information content (AvgIpc) is 3.51. The molecule has 0 bridgehead atoms. The molecule has 0 unspecified atom stereocenters. The Bertz CT molecular complexity index is 2000. The number of hydrogen-bond acceptors (Lipinski definition) is 5. The van der Waals surface area contributed by atoms with Crippen LogP contribution in [0.3, 0.4) is 0 Å². The monoisotopic (exact) mass is 624 g/mol. The van der Waals surface area contributed by atoms with Crippen molar-refractivity contribution in [2.75, 3.05) is 9.80 Å². The molecule has 7 heteroatoms. The molecular weight excluding hydrogens is 588 g/mol. The number of amides is 4. The molecule has 0 spiro atoms. The molecule has 2 heterocycles. The summed E-state index contributed by atoms with van der Waals surface area (Å²) in [6, 6.07) is 26.3.